The number of rotatable bonds is 7. The molecule has 2 aliphatic heterocycles. The molecule has 182 valence electrons. The number of nitriles is 1. The average Bonchev–Trinajstić information content (AvgIpc) is 3.10. The predicted molar refractivity (Wildman–Crippen MR) is 128 cm³/mol. The van der Waals surface area contributed by atoms with Crippen molar-refractivity contribution in [3.8, 4) is 6.07 Å². The molecule has 0 bridgehead atoms. The first-order chi connectivity index (χ1) is 17.4. The molecule has 0 saturated carbocycles. The van der Waals surface area contributed by atoms with E-state index in [1.165, 1.54) is 17.9 Å². The maximum atomic E-state index is 14.2. The van der Waals surface area contributed by atoms with Crippen LogP contribution >= 0.6 is 0 Å². The summed E-state index contributed by atoms with van der Waals surface area (Å²) in [5.74, 6) is -2.56. The monoisotopic (exact) mass is 485 g/mol. The largest absolute Gasteiger partial charge is 0.459 e. The molecule has 2 heterocycles. The number of fused-ring (bicyclic) bond motifs is 2. The van der Waals surface area contributed by atoms with Gasteiger partial charge in [-0.15, -0.1) is 0 Å². The Hall–Kier alpha value is -4.84. The van der Waals surface area contributed by atoms with Crippen molar-refractivity contribution < 1.29 is 28.6 Å². The van der Waals surface area contributed by atoms with Crippen LogP contribution in [0.4, 0.5) is 5.69 Å². The van der Waals surface area contributed by atoms with Crippen molar-refractivity contribution in [1.82, 2.24) is 0 Å². The molecule has 0 unspecified atom stereocenters. The third-order valence-corrected chi connectivity index (χ3v) is 5.95. The Morgan fingerprint density at radius 1 is 1.17 bits per heavy atom. The van der Waals surface area contributed by atoms with E-state index < -0.39 is 29.8 Å². The highest BCUT2D eigenvalue weighted by Gasteiger charge is 2.62. The molecule has 0 aliphatic carbocycles. The summed E-state index contributed by atoms with van der Waals surface area (Å²) >= 11 is 0. The molecule has 1 amide bonds. The fraction of sp³-hybridized carbons (Fsp3) is 0.185. The van der Waals surface area contributed by atoms with Crippen molar-refractivity contribution in [2.45, 2.75) is 18.9 Å². The Labute approximate surface area is 207 Å². The molecule has 1 spiro atoms. The number of hydrogen-bond donors (Lipinski definition) is 1. The van der Waals surface area contributed by atoms with Crippen LogP contribution in [0.25, 0.3) is 0 Å². The number of carbonyl (C=O) groups excluding carboxylic acids is 3. The van der Waals surface area contributed by atoms with Crippen LogP contribution in [-0.2, 0) is 40.6 Å². The highest BCUT2D eigenvalue weighted by atomic mass is 16.5. The zero-order valence-electron chi connectivity index (χ0n) is 19.5. The number of benzene rings is 2. The van der Waals surface area contributed by atoms with Gasteiger partial charge < -0.3 is 19.9 Å². The highest BCUT2D eigenvalue weighted by Crippen LogP contribution is 2.54. The standard InChI is InChI=1S/C27H23N3O6/c1-3-13-34-25(32)23-17(2)36-24(29)20(14-28)27(23)19-11-7-8-12-21(19)30(26(27)33)15-22(31)35-16-18-9-5-4-6-10-18/h3-12H,1,13,15-16,29H2,2H3/t27-/m1/s1. The molecule has 9 nitrogen and oxygen atoms in total. The molecule has 2 aromatic rings. The summed E-state index contributed by atoms with van der Waals surface area (Å²) in [6.45, 7) is 4.44. The molecule has 2 aromatic carbocycles. The molecule has 4 rings (SSSR count). The third kappa shape index (κ3) is 3.88. The number of esters is 2. The first-order valence-electron chi connectivity index (χ1n) is 11.0. The number of amides is 1. The van der Waals surface area contributed by atoms with Crippen LogP contribution < -0.4 is 10.6 Å². The van der Waals surface area contributed by atoms with Gasteiger partial charge in [0, 0.05) is 11.3 Å². The molecule has 2 aliphatic rings. The van der Waals surface area contributed by atoms with Gasteiger partial charge in [0.15, 0.2) is 5.41 Å². The molecule has 0 saturated heterocycles. The smallest absolute Gasteiger partial charge is 0.339 e. The van der Waals surface area contributed by atoms with Crippen LogP contribution in [0.15, 0.2) is 90.0 Å². The van der Waals surface area contributed by atoms with Crippen molar-refractivity contribution in [3.63, 3.8) is 0 Å². The molecule has 9 heteroatoms. The van der Waals surface area contributed by atoms with Gasteiger partial charge in [-0.05, 0) is 18.6 Å². The van der Waals surface area contributed by atoms with Gasteiger partial charge in [0.1, 0.15) is 42.7 Å². The number of para-hydroxylation sites is 1. The van der Waals surface area contributed by atoms with Crippen LogP contribution in [0, 0.1) is 11.3 Å². The summed E-state index contributed by atoms with van der Waals surface area (Å²) < 4.78 is 16.1. The van der Waals surface area contributed by atoms with E-state index in [2.05, 4.69) is 6.58 Å². The molecular formula is C27H23N3O6. The summed E-state index contributed by atoms with van der Waals surface area (Å²) in [5, 5.41) is 10.0. The third-order valence-electron chi connectivity index (χ3n) is 5.95. The molecule has 1 atom stereocenters. The van der Waals surface area contributed by atoms with E-state index in [4.69, 9.17) is 19.9 Å². The lowest BCUT2D eigenvalue weighted by Crippen LogP contribution is -2.49. The van der Waals surface area contributed by atoms with Crippen LogP contribution in [0.1, 0.15) is 18.1 Å². The lowest BCUT2D eigenvalue weighted by atomic mass is 9.68. The molecular weight excluding hydrogens is 462 g/mol. The second-order valence-electron chi connectivity index (χ2n) is 8.08. The molecule has 0 radical (unpaired) electrons. The van der Waals surface area contributed by atoms with Gasteiger partial charge in [0.25, 0.3) is 0 Å². The fourth-order valence-electron chi connectivity index (χ4n) is 4.49. The lowest BCUT2D eigenvalue weighted by molar-refractivity contribution is -0.144. The van der Waals surface area contributed by atoms with Crippen molar-refractivity contribution in [1.29, 1.82) is 5.26 Å². The van der Waals surface area contributed by atoms with E-state index in [1.54, 1.807) is 24.3 Å². The molecule has 36 heavy (non-hydrogen) atoms. The topological polar surface area (TPSA) is 132 Å². The zero-order chi connectivity index (χ0) is 25.9. The van der Waals surface area contributed by atoms with Crippen molar-refractivity contribution in [2.24, 2.45) is 5.73 Å². The maximum Gasteiger partial charge on any atom is 0.339 e. The van der Waals surface area contributed by atoms with Gasteiger partial charge in [0.2, 0.25) is 11.8 Å². The predicted octanol–water partition coefficient (Wildman–Crippen LogP) is 2.74. The second-order valence-corrected chi connectivity index (χ2v) is 8.08. The minimum absolute atomic E-state index is 0.0113. The van der Waals surface area contributed by atoms with Crippen molar-refractivity contribution in [3.05, 3.63) is 101 Å². The summed E-state index contributed by atoms with van der Waals surface area (Å²) in [7, 11) is 0. The van der Waals surface area contributed by atoms with Crippen LogP contribution in [0.3, 0.4) is 0 Å². The van der Waals surface area contributed by atoms with Crippen molar-refractivity contribution >= 4 is 23.5 Å². The lowest BCUT2D eigenvalue weighted by Gasteiger charge is -2.34. The number of allylic oxidation sites excluding steroid dienone is 1. The van der Waals surface area contributed by atoms with E-state index in [0.29, 0.717) is 11.3 Å². The minimum Gasteiger partial charge on any atom is -0.459 e. The minimum atomic E-state index is -1.95. The van der Waals surface area contributed by atoms with Crippen LogP contribution in [0.5, 0.6) is 0 Å². The van der Waals surface area contributed by atoms with E-state index >= 15 is 0 Å². The summed E-state index contributed by atoms with van der Waals surface area (Å²) in [5.41, 5.74) is 5.07. The van der Waals surface area contributed by atoms with E-state index in [9.17, 15) is 19.6 Å². The Morgan fingerprint density at radius 2 is 1.86 bits per heavy atom. The quantitative estimate of drug-likeness (QED) is 0.468. The fourth-order valence-corrected chi connectivity index (χ4v) is 4.49. The molecule has 0 aromatic heterocycles. The average molecular weight is 485 g/mol. The first-order valence-corrected chi connectivity index (χ1v) is 11.0. The number of carbonyl (C=O) groups is 3. The number of ether oxygens (including phenoxy) is 3. The van der Waals surface area contributed by atoms with Gasteiger partial charge in [-0.3, -0.25) is 14.5 Å². The Bertz CT molecular complexity index is 1360. The second kappa shape index (κ2) is 9.80. The van der Waals surface area contributed by atoms with Gasteiger partial charge in [-0.1, -0.05) is 61.2 Å². The Morgan fingerprint density at radius 3 is 2.56 bits per heavy atom. The molecule has 2 N–H and O–H groups in total. The summed E-state index contributed by atoms with van der Waals surface area (Å²) in [6, 6.07) is 17.6. The number of anilines is 1. The van der Waals surface area contributed by atoms with E-state index in [1.807, 2.05) is 36.4 Å². The van der Waals surface area contributed by atoms with Gasteiger partial charge in [-0.2, -0.15) is 5.26 Å². The van der Waals surface area contributed by atoms with Gasteiger partial charge in [-0.25, -0.2) is 4.79 Å². The number of nitrogens with zero attached hydrogens (tertiary/aromatic N) is 2. The highest BCUT2D eigenvalue weighted by molar-refractivity contribution is 6.19. The number of nitrogens with two attached hydrogens (primary N) is 1. The van der Waals surface area contributed by atoms with Crippen LogP contribution in [-0.4, -0.2) is 31.0 Å². The Balaban J connectivity index is 1.78. The summed E-state index contributed by atoms with van der Waals surface area (Å²) in [6.07, 6.45) is 1.37. The van der Waals surface area contributed by atoms with E-state index in [0.717, 1.165) is 5.56 Å². The summed E-state index contributed by atoms with van der Waals surface area (Å²) in [4.78, 5) is 41.3. The maximum absolute atomic E-state index is 14.2. The Kier molecular flexibility index (Phi) is 6.61. The number of hydrogen-bond acceptors (Lipinski definition) is 8. The van der Waals surface area contributed by atoms with Gasteiger partial charge >= 0.3 is 11.9 Å². The SMILES string of the molecule is C=CCOC(=O)C1=C(C)OC(N)=C(C#N)[C@@]12C(=O)N(CC(=O)OCc1ccccc1)c1ccccc12. The van der Waals surface area contributed by atoms with Gasteiger partial charge in [0.05, 0.1) is 0 Å². The normalized spacial score (nSPS) is 18.4. The van der Waals surface area contributed by atoms with E-state index in [-0.39, 0.29) is 36.0 Å². The van der Waals surface area contributed by atoms with Crippen molar-refractivity contribution in [2.75, 3.05) is 18.1 Å². The zero-order valence-corrected chi connectivity index (χ0v) is 19.5. The van der Waals surface area contributed by atoms with Crippen LogP contribution in [0.2, 0.25) is 0 Å². The first kappa shape index (κ1) is 24.3. The molecule has 0 fully saturated rings.